The lowest BCUT2D eigenvalue weighted by molar-refractivity contribution is 0.102. The van der Waals surface area contributed by atoms with Gasteiger partial charge in [0.05, 0.1) is 12.7 Å². The minimum atomic E-state index is -0.0845. The van der Waals surface area contributed by atoms with Crippen molar-refractivity contribution in [2.45, 2.75) is 59.0 Å². The first-order valence-corrected chi connectivity index (χ1v) is 16.2. The van der Waals surface area contributed by atoms with Crippen LogP contribution in [-0.2, 0) is 19.4 Å². The number of benzene rings is 4. The van der Waals surface area contributed by atoms with E-state index < -0.39 is 0 Å². The predicted octanol–water partition coefficient (Wildman–Crippen LogP) is 9.77. The van der Waals surface area contributed by atoms with E-state index in [0.717, 1.165) is 58.6 Å². The lowest BCUT2D eigenvalue weighted by Crippen LogP contribution is -2.15. The average Bonchev–Trinajstić information content (AvgIpc) is 3.37. The minimum absolute atomic E-state index is 0.0845. The summed E-state index contributed by atoms with van der Waals surface area (Å²) < 4.78 is 11.9. The van der Waals surface area contributed by atoms with Gasteiger partial charge < -0.3 is 14.8 Å². The molecule has 5 aromatic rings. The number of methoxy groups -OCH3 is 1. The van der Waals surface area contributed by atoms with E-state index >= 15 is 0 Å². The molecule has 0 unspecified atom stereocenters. The van der Waals surface area contributed by atoms with Gasteiger partial charge in [0.25, 0.3) is 5.91 Å². The Labute approximate surface area is 263 Å². The summed E-state index contributed by atoms with van der Waals surface area (Å²) in [6, 6.07) is 26.4. The van der Waals surface area contributed by atoms with Gasteiger partial charge in [0, 0.05) is 16.8 Å². The van der Waals surface area contributed by atoms with Crippen molar-refractivity contribution in [3.8, 4) is 11.5 Å². The van der Waals surface area contributed by atoms with Crippen LogP contribution in [0, 0.1) is 13.8 Å². The number of carbonyl (C=O) groups excluding carboxylic acids is 1. The molecule has 0 saturated carbocycles. The molecule has 0 atom stereocenters. The fraction of sp³-hybridized carbons (Fsp3) is 0.263. The molecule has 1 aliphatic carbocycles. The highest BCUT2D eigenvalue weighted by Crippen LogP contribution is 2.40. The van der Waals surface area contributed by atoms with E-state index in [2.05, 4.69) is 48.6 Å². The van der Waals surface area contributed by atoms with E-state index in [1.165, 1.54) is 34.1 Å². The Morgan fingerprint density at radius 3 is 2.57 bits per heavy atom. The Balaban J connectivity index is 1.26. The van der Waals surface area contributed by atoms with Crippen molar-refractivity contribution in [1.82, 2.24) is 0 Å². The Kier molecular flexibility index (Phi) is 9.08. The maximum Gasteiger partial charge on any atom is 0.259 e. The fourth-order valence-corrected chi connectivity index (χ4v) is 7.12. The zero-order valence-corrected chi connectivity index (χ0v) is 26.4. The Morgan fingerprint density at radius 1 is 0.909 bits per heavy atom. The van der Waals surface area contributed by atoms with Crippen molar-refractivity contribution in [3.05, 3.63) is 117 Å². The third kappa shape index (κ3) is 6.41. The van der Waals surface area contributed by atoms with Gasteiger partial charge in [0.2, 0.25) is 0 Å². The van der Waals surface area contributed by atoms with Crippen LogP contribution in [0.15, 0.2) is 83.9 Å². The molecule has 0 bridgehead atoms. The lowest BCUT2D eigenvalue weighted by atomic mass is 9.96. The highest BCUT2D eigenvalue weighted by Gasteiger charge is 2.24. The number of amides is 1. The quantitative estimate of drug-likeness (QED) is 0.180. The van der Waals surface area contributed by atoms with E-state index in [-0.39, 0.29) is 5.91 Å². The first-order valence-electron chi connectivity index (χ1n) is 15.4. The summed E-state index contributed by atoms with van der Waals surface area (Å²) in [5, 5.41) is 6.33. The van der Waals surface area contributed by atoms with Crippen molar-refractivity contribution in [1.29, 1.82) is 0 Å². The number of ether oxygens (including phenoxy) is 2. The van der Waals surface area contributed by atoms with Crippen LogP contribution in [-0.4, -0.2) is 19.2 Å². The second-order valence-corrected chi connectivity index (χ2v) is 12.5. The molecule has 0 saturated heterocycles. The maximum absolute atomic E-state index is 13.8. The van der Waals surface area contributed by atoms with Crippen LogP contribution in [0.3, 0.4) is 0 Å². The number of fused-ring (bicyclic) bond motifs is 2. The molecule has 0 radical (unpaired) electrons. The average molecular weight is 603 g/mol. The molecule has 1 aliphatic rings. The molecule has 6 heteroatoms. The van der Waals surface area contributed by atoms with Crippen molar-refractivity contribution >= 4 is 44.9 Å². The number of rotatable bonds is 8. The van der Waals surface area contributed by atoms with Crippen LogP contribution in [0.5, 0.6) is 11.5 Å². The van der Waals surface area contributed by atoms with Crippen molar-refractivity contribution in [3.63, 3.8) is 0 Å². The van der Waals surface area contributed by atoms with Crippen LogP contribution in [0.2, 0.25) is 0 Å². The van der Waals surface area contributed by atoms with Gasteiger partial charge in [-0.05, 0) is 102 Å². The lowest BCUT2D eigenvalue weighted by Gasteiger charge is -2.13. The number of carbonyl (C=O) groups is 1. The van der Waals surface area contributed by atoms with Crippen molar-refractivity contribution in [2.75, 3.05) is 12.4 Å². The number of nitrogens with zero attached hydrogens (tertiary/aromatic N) is 1. The van der Waals surface area contributed by atoms with Crippen LogP contribution < -0.4 is 14.8 Å². The molecular weight excluding hydrogens is 564 g/mol. The summed E-state index contributed by atoms with van der Waals surface area (Å²) in [5.74, 6) is 1.23. The van der Waals surface area contributed by atoms with Gasteiger partial charge >= 0.3 is 0 Å². The third-order valence-electron chi connectivity index (χ3n) is 8.51. The van der Waals surface area contributed by atoms with E-state index in [0.29, 0.717) is 23.7 Å². The van der Waals surface area contributed by atoms with E-state index in [1.54, 1.807) is 18.4 Å². The number of aliphatic imine (C=N–C) groups is 1. The molecular formula is C38H38N2O3S. The summed E-state index contributed by atoms with van der Waals surface area (Å²) in [6.45, 7) is 4.55. The highest BCUT2D eigenvalue weighted by atomic mass is 32.1. The van der Waals surface area contributed by atoms with Gasteiger partial charge in [0.15, 0.2) is 11.5 Å². The van der Waals surface area contributed by atoms with Crippen LogP contribution in [0.4, 0.5) is 10.7 Å². The van der Waals surface area contributed by atoms with Crippen molar-refractivity contribution in [2.24, 2.45) is 4.99 Å². The number of thiophene rings is 1. The summed E-state index contributed by atoms with van der Waals surface area (Å²) >= 11 is 1.66. The SMILES string of the molecule is COc1cc(C=Nc2sc3c(c2C(=O)Nc2cccc(C)c2C)CCCCCC3)ccc1OCc1cccc2ccccc12. The topological polar surface area (TPSA) is 59.9 Å². The molecule has 1 N–H and O–H groups in total. The van der Waals surface area contributed by atoms with Gasteiger partial charge in [-0.15, -0.1) is 11.3 Å². The van der Waals surface area contributed by atoms with Crippen LogP contribution >= 0.6 is 11.3 Å². The van der Waals surface area contributed by atoms with E-state index in [4.69, 9.17) is 14.5 Å². The molecule has 0 fully saturated rings. The summed E-state index contributed by atoms with van der Waals surface area (Å²) in [5.41, 5.74) is 6.96. The molecule has 6 rings (SSSR count). The van der Waals surface area contributed by atoms with Crippen LogP contribution in [0.25, 0.3) is 10.8 Å². The van der Waals surface area contributed by atoms with Crippen molar-refractivity contribution < 1.29 is 14.3 Å². The summed E-state index contributed by atoms with van der Waals surface area (Å²) in [6.07, 6.45) is 8.39. The predicted molar refractivity (Wildman–Crippen MR) is 183 cm³/mol. The molecule has 0 spiro atoms. The van der Waals surface area contributed by atoms with E-state index in [1.807, 2.05) is 55.6 Å². The van der Waals surface area contributed by atoms with Crippen LogP contribution in [0.1, 0.15) is 68.7 Å². The maximum atomic E-state index is 13.8. The number of aryl methyl sites for hydroxylation is 2. The van der Waals surface area contributed by atoms with Gasteiger partial charge in [-0.1, -0.05) is 67.4 Å². The Hall–Kier alpha value is -4.42. The summed E-state index contributed by atoms with van der Waals surface area (Å²) in [4.78, 5) is 20.0. The first kappa shape index (κ1) is 29.6. The molecule has 44 heavy (non-hydrogen) atoms. The van der Waals surface area contributed by atoms with Gasteiger partial charge in [-0.2, -0.15) is 0 Å². The Morgan fingerprint density at radius 2 is 1.70 bits per heavy atom. The zero-order valence-electron chi connectivity index (χ0n) is 25.6. The number of anilines is 1. The molecule has 1 aromatic heterocycles. The summed E-state index contributed by atoms with van der Waals surface area (Å²) in [7, 11) is 1.65. The molecule has 0 aliphatic heterocycles. The Bertz CT molecular complexity index is 1830. The molecule has 224 valence electrons. The largest absolute Gasteiger partial charge is 0.493 e. The molecule has 1 amide bonds. The number of hydrogen-bond acceptors (Lipinski definition) is 5. The van der Waals surface area contributed by atoms with Gasteiger partial charge in [0.1, 0.15) is 11.6 Å². The molecule has 5 nitrogen and oxygen atoms in total. The fourth-order valence-electron chi connectivity index (χ4n) is 5.89. The number of nitrogens with one attached hydrogen (secondary N) is 1. The minimum Gasteiger partial charge on any atom is -0.493 e. The third-order valence-corrected chi connectivity index (χ3v) is 9.71. The highest BCUT2D eigenvalue weighted by molar-refractivity contribution is 7.16. The van der Waals surface area contributed by atoms with Gasteiger partial charge in [-0.3, -0.25) is 4.79 Å². The second-order valence-electron chi connectivity index (χ2n) is 11.4. The first-order chi connectivity index (χ1) is 21.5. The monoisotopic (exact) mass is 602 g/mol. The smallest absolute Gasteiger partial charge is 0.259 e. The standard InChI is InChI=1S/C38H38N2O3S/c1-25-12-10-18-32(26(25)2)40-37(41)36-31-17-6-4-5-7-19-35(31)44-38(36)39-23-27-20-21-33(34(22-27)42-3)43-24-29-15-11-14-28-13-8-9-16-30(28)29/h8-16,18,20-23H,4-7,17,19,24H2,1-3H3,(H,40,41). The molecule has 1 heterocycles. The van der Waals surface area contributed by atoms with E-state index in [9.17, 15) is 4.79 Å². The second kappa shape index (κ2) is 13.5. The zero-order chi connectivity index (χ0) is 30.5. The number of hydrogen-bond donors (Lipinski definition) is 1. The van der Waals surface area contributed by atoms with Gasteiger partial charge in [-0.25, -0.2) is 4.99 Å². The normalized spacial score (nSPS) is 13.3. The molecule has 4 aromatic carbocycles.